The highest BCUT2D eigenvalue weighted by Gasteiger charge is 2.09. The number of thiazole rings is 1. The van der Waals surface area contributed by atoms with Gasteiger partial charge in [0.05, 0.1) is 18.4 Å². The molecular formula is C14H12N4O2S3. The van der Waals surface area contributed by atoms with Gasteiger partial charge in [0.1, 0.15) is 5.01 Å². The van der Waals surface area contributed by atoms with Gasteiger partial charge in [0.15, 0.2) is 4.34 Å². The maximum absolute atomic E-state index is 11.4. The summed E-state index contributed by atoms with van der Waals surface area (Å²) in [7, 11) is 1.37. The molecule has 23 heavy (non-hydrogen) atoms. The zero-order valence-corrected chi connectivity index (χ0v) is 14.5. The van der Waals surface area contributed by atoms with Crippen LogP contribution < -0.4 is 5.73 Å². The van der Waals surface area contributed by atoms with Crippen LogP contribution in [0.3, 0.4) is 0 Å². The van der Waals surface area contributed by atoms with Crippen molar-refractivity contribution in [1.29, 1.82) is 0 Å². The standard InChI is InChI=1S/C14H12N4O2S3/c1-20-12(19)9-4-2-8(3-5-9)11-16-10(6-21-11)7-22-14-18-17-13(15)23-14/h2-6H,7H2,1H3,(H2,15,17). The molecule has 2 aromatic heterocycles. The molecule has 3 rings (SSSR count). The molecule has 3 aromatic rings. The summed E-state index contributed by atoms with van der Waals surface area (Å²) in [6, 6.07) is 7.21. The van der Waals surface area contributed by atoms with Gasteiger partial charge >= 0.3 is 5.97 Å². The highest BCUT2D eigenvalue weighted by Crippen LogP contribution is 2.30. The lowest BCUT2D eigenvalue weighted by atomic mass is 10.1. The Labute approximate surface area is 144 Å². The lowest BCUT2D eigenvalue weighted by molar-refractivity contribution is 0.0601. The maximum atomic E-state index is 11.4. The van der Waals surface area contributed by atoms with Crippen LogP contribution in [0.4, 0.5) is 5.13 Å². The van der Waals surface area contributed by atoms with E-state index in [1.165, 1.54) is 18.4 Å². The number of nitrogens with zero attached hydrogens (tertiary/aromatic N) is 3. The summed E-state index contributed by atoms with van der Waals surface area (Å²) in [4.78, 5) is 16.0. The number of ether oxygens (including phenoxy) is 1. The van der Waals surface area contributed by atoms with Gasteiger partial charge in [0.25, 0.3) is 0 Å². The van der Waals surface area contributed by atoms with Crippen LogP contribution in [0, 0.1) is 0 Å². The molecule has 9 heteroatoms. The number of nitrogens with two attached hydrogens (primary N) is 1. The van der Waals surface area contributed by atoms with Gasteiger partial charge in [-0.2, -0.15) is 0 Å². The number of hydrogen-bond acceptors (Lipinski definition) is 9. The number of esters is 1. The summed E-state index contributed by atoms with van der Waals surface area (Å²) in [5.41, 5.74) is 8.03. The van der Waals surface area contributed by atoms with E-state index in [1.54, 1.807) is 35.2 Å². The van der Waals surface area contributed by atoms with Crippen molar-refractivity contribution in [2.75, 3.05) is 12.8 Å². The average Bonchev–Trinajstić information content (AvgIpc) is 3.21. The number of hydrogen-bond donors (Lipinski definition) is 1. The van der Waals surface area contributed by atoms with Gasteiger partial charge in [-0.1, -0.05) is 35.2 Å². The number of carbonyl (C=O) groups excluding carboxylic acids is 1. The quantitative estimate of drug-likeness (QED) is 0.548. The predicted octanol–water partition coefficient (Wildman–Crippen LogP) is 3.32. The number of rotatable bonds is 5. The highest BCUT2D eigenvalue weighted by molar-refractivity contribution is 8.00. The van der Waals surface area contributed by atoms with Crippen molar-refractivity contribution in [2.45, 2.75) is 10.1 Å². The van der Waals surface area contributed by atoms with Crippen molar-refractivity contribution in [1.82, 2.24) is 15.2 Å². The van der Waals surface area contributed by atoms with Gasteiger partial charge in [-0.3, -0.25) is 0 Å². The molecule has 0 spiro atoms. The predicted molar refractivity (Wildman–Crippen MR) is 92.8 cm³/mol. The number of anilines is 1. The van der Waals surface area contributed by atoms with Crippen molar-refractivity contribution in [2.24, 2.45) is 0 Å². The smallest absolute Gasteiger partial charge is 0.337 e. The van der Waals surface area contributed by atoms with Crippen molar-refractivity contribution >= 4 is 45.5 Å². The van der Waals surface area contributed by atoms with E-state index in [2.05, 4.69) is 19.9 Å². The molecule has 0 bridgehead atoms. The molecule has 0 saturated heterocycles. The number of nitrogen functional groups attached to an aromatic ring is 1. The van der Waals surface area contributed by atoms with Crippen LogP contribution in [-0.2, 0) is 10.5 Å². The second-order valence-electron chi connectivity index (χ2n) is 4.41. The second-order valence-corrected chi connectivity index (χ2v) is 7.50. The number of benzene rings is 1. The van der Waals surface area contributed by atoms with E-state index in [1.807, 2.05) is 17.5 Å². The van der Waals surface area contributed by atoms with Crippen LogP contribution in [0.1, 0.15) is 16.1 Å². The first-order valence-electron chi connectivity index (χ1n) is 6.50. The summed E-state index contributed by atoms with van der Waals surface area (Å²) in [6.07, 6.45) is 0. The number of aromatic nitrogens is 3. The molecule has 6 nitrogen and oxygen atoms in total. The van der Waals surface area contributed by atoms with Gasteiger partial charge in [-0.15, -0.1) is 21.5 Å². The van der Waals surface area contributed by atoms with Crippen LogP contribution >= 0.6 is 34.4 Å². The van der Waals surface area contributed by atoms with Crippen LogP contribution in [-0.4, -0.2) is 28.3 Å². The van der Waals surface area contributed by atoms with Crippen LogP contribution in [0.5, 0.6) is 0 Å². The zero-order chi connectivity index (χ0) is 16.2. The normalized spacial score (nSPS) is 10.7. The fraction of sp³-hybridized carbons (Fsp3) is 0.143. The first-order chi connectivity index (χ1) is 11.2. The molecule has 0 fully saturated rings. The van der Waals surface area contributed by atoms with E-state index in [0.29, 0.717) is 16.4 Å². The third-order valence-electron chi connectivity index (χ3n) is 2.87. The first-order valence-corrected chi connectivity index (χ1v) is 9.19. The molecule has 2 heterocycles. The Hall–Kier alpha value is -1.97. The van der Waals surface area contributed by atoms with Gasteiger partial charge < -0.3 is 10.5 Å². The van der Waals surface area contributed by atoms with E-state index < -0.39 is 0 Å². The number of carbonyl (C=O) groups is 1. The largest absolute Gasteiger partial charge is 0.465 e. The SMILES string of the molecule is COC(=O)c1ccc(-c2nc(CSc3nnc(N)s3)cs2)cc1. The zero-order valence-electron chi connectivity index (χ0n) is 12.1. The minimum absolute atomic E-state index is 0.343. The minimum atomic E-state index is -0.343. The molecule has 0 aliphatic rings. The summed E-state index contributed by atoms with van der Waals surface area (Å²) >= 11 is 4.49. The molecular weight excluding hydrogens is 352 g/mol. The lowest BCUT2D eigenvalue weighted by Gasteiger charge is -2.00. The van der Waals surface area contributed by atoms with Crippen molar-refractivity contribution < 1.29 is 9.53 Å². The van der Waals surface area contributed by atoms with Gasteiger partial charge in [0.2, 0.25) is 5.13 Å². The summed E-state index contributed by atoms with van der Waals surface area (Å²) in [6.45, 7) is 0. The Bertz CT molecular complexity index is 814. The molecule has 1 aromatic carbocycles. The van der Waals surface area contributed by atoms with E-state index in [9.17, 15) is 4.79 Å². The Morgan fingerprint density at radius 3 is 2.74 bits per heavy atom. The fourth-order valence-electron chi connectivity index (χ4n) is 1.79. The van der Waals surface area contributed by atoms with Crippen LogP contribution in [0.15, 0.2) is 34.0 Å². The van der Waals surface area contributed by atoms with E-state index in [4.69, 9.17) is 5.73 Å². The van der Waals surface area contributed by atoms with E-state index >= 15 is 0 Å². The summed E-state index contributed by atoms with van der Waals surface area (Å²) < 4.78 is 5.52. The van der Waals surface area contributed by atoms with Gasteiger partial charge in [-0.05, 0) is 12.1 Å². The van der Waals surface area contributed by atoms with Gasteiger partial charge in [-0.25, -0.2) is 9.78 Å². The molecule has 0 aliphatic heterocycles. The van der Waals surface area contributed by atoms with Crippen molar-refractivity contribution in [3.8, 4) is 10.6 Å². The first kappa shape index (κ1) is 15.9. The summed E-state index contributed by atoms with van der Waals surface area (Å²) in [5.74, 6) is 0.370. The average molecular weight is 364 g/mol. The maximum Gasteiger partial charge on any atom is 0.337 e. The molecule has 0 radical (unpaired) electrons. The summed E-state index contributed by atoms with van der Waals surface area (Å²) in [5, 5.41) is 11.1. The van der Waals surface area contributed by atoms with Crippen molar-refractivity contribution in [3.63, 3.8) is 0 Å². The highest BCUT2D eigenvalue weighted by atomic mass is 32.2. The second kappa shape index (κ2) is 7.07. The topological polar surface area (TPSA) is 91.0 Å². The molecule has 0 unspecified atom stereocenters. The van der Waals surface area contributed by atoms with Crippen molar-refractivity contribution in [3.05, 3.63) is 40.9 Å². The molecule has 0 saturated carbocycles. The Morgan fingerprint density at radius 2 is 2.09 bits per heavy atom. The third kappa shape index (κ3) is 3.87. The monoisotopic (exact) mass is 364 g/mol. The minimum Gasteiger partial charge on any atom is -0.465 e. The third-order valence-corrected chi connectivity index (χ3v) is 5.73. The number of thioether (sulfide) groups is 1. The molecule has 0 amide bonds. The molecule has 0 atom stereocenters. The van der Waals surface area contributed by atoms with Crippen LogP contribution in [0.2, 0.25) is 0 Å². The van der Waals surface area contributed by atoms with Gasteiger partial charge in [0, 0.05) is 16.7 Å². The molecule has 0 aliphatic carbocycles. The van der Waals surface area contributed by atoms with Crippen LogP contribution in [0.25, 0.3) is 10.6 Å². The fourth-order valence-corrected chi connectivity index (χ4v) is 4.25. The number of methoxy groups -OCH3 is 1. The van der Waals surface area contributed by atoms with E-state index in [0.717, 1.165) is 20.6 Å². The molecule has 2 N–H and O–H groups in total. The van der Waals surface area contributed by atoms with E-state index in [-0.39, 0.29) is 5.97 Å². The Morgan fingerprint density at radius 1 is 1.30 bits per heavy atom. The lowest BCUT2D eigenvalue weighted by Crippen LogP contribution is -2.00. The Kier molecular flexibility index (Phi) is 4.89. The Balaban J connectivity index is 1.67. The molecule has 118 valence electrons.